The molecule has 0 spiro atoms. The van der Waals surface area contributed by atoms with Crippen LogP contribution in [0.4, 0.5) is 5.13 Å². The number of rotatable bonds is 11. The van der Waals surface area contributed by atoms with Gasteiger partial charge in [0.1, 0.15) is 12.4 Å². The van der Waals surface area contributed by atoms with Crippen LogP contribution in [0.25, 0.3) is 0 Å². The lowest BCUT2D eigenvalue weighted by molar-refractivity contribution is -0.113. The van der Waals surface area contributed by atoms with Gasteiger partial charge in [0.25, 0.3) is 0 Å². The van der Waals surface area contributed by atoms with Gasteiger partial charge in [-0.1, -0.05) is 59.3 Å². The first-order valence-electron chi connectivity index (χ1n) is 10.8. The number of allylic oxidation sites excluding steroid dienone is 1. The molecule has 1 N–H and O–H groups in total. The molecule has 0 aliphatic rings. The minimum absolute atomic E-state index is 0.163. The number of thioether (sulfide) groups is 1. The van der Waals surface area contributed by atoms with Crippen LogP contribution in [0.1, 0.15) is 21.8 Å². The van der Waals surface area contributed by atoms with Crippen LogP contribution < -0.4 is 10.1 Å². The van der Waals surface area contributed by atoms with E-state index >= 15 is 0 Å². The first-order chi connectivity index (χ1) is 17.0. The van der Waals surface area contributed by atoms with Crippen molar-refractivity contribution in [1.29, 1.82) is 0 Å². The normalized spacial score (nSPS) is 10.8. The van der Waals surface area contributed by atoms with E-state index in [1.807, 2.05) is 60.0 Å². The van der Waals surface area contributed by atoms with E-state index < -0.39 is 0 Å². The molecular formula is C25H24ClN5O2S2. The molecule has 2 aromatic carbocycles. The van der Waals surface area contributed by atoms with Gasteiger partial charge in [-0.25, -0.2) is 4.98 Å². The van der Waals surface area contributed by atoms with Gasteiger partial charge in [-0.15, -0.1) is 28.1 Å². The fourth-order valence-corrected chi connectivity index (χ4v) is 5.05. The Morgan fingerprint density at radius 1 is 1.26 bits per heavy atom. The van der Waals surface area contributed by atoms with E-state index in [0.29, 0.717) is 34.1 Å². The number of benzene rings is 2. The maximum atomic E-state index is 12.5. The van der Waals surface area contributed by atoms with Gasteiger partial charge in [-0.05, 0) is 36.8 Å². The van der Waals surface area contributed by atoms with Crippen molar-refractivity contribution in [2.75, 3.05) is 11.1 Å². The van der Waals surface area contributed by atoms with Gasteiger partial charge in [0.2, 0.25) is 5.91 Å². The molecule has 0 aliphatic heterocycles. The van der Waals surface area contributed by atoms with Crippen LogP contribution in [-0.2, 0) is 24.4 Å². The largest absolute Gasteiger partial charge is 0.486 e. The quantitative estimate of drug-likeness (QED) is 0.197. The summed E-state index contributed by atoms with van der Waals surface area (Å²) in [6.45, 7) is 6.63. The number of nitrogens with zero attached hydrogens (tertiary/aromatic N) is 4. The summed E-state index contributed by atoms with van der Waals surface area (Å²) in [4.78, 5) is 17.9. The van der Waals surface area contributed by atoms with E-state index in [1.165, 1.54) is 28.7 Å². The molecule has 0 aliphatic carbocycles. The Morgan fingerprint density at radius 3 is 2.86 bits per heavy atom. The van der Waals surface area contributed by atoms with E-state index in [4.69, 9.17) is 16.3 Å². The van der Waals surface area contributed by atoms with Gasteiger partial charge >= 0.3 is 0 Å². The Balaban J connectivity index is 1.31. The molecule has 0 radical (unpaired) electrons. The zero-order valence-electron chi connectivity index (χ0n) is 19.1. The van der Waals surface area contributed by atoms with Gasteiger partial charge in [0, 0.05) is 29.1 Å². The van der Waals surface area contributed by atoms with Crippen LogP contribution in [0.2, 0.25) is 5.02 Å². The first-order valence-corrected chi connectivity index (χ1v) is 13.0. The third kappa shape index (κ3) is 7.17. The summed E-state index contributed by atoms with van der Waals surface area (Å²) < 4.78 is 7.74. The van der Waals surface area contributed by atoms with E-state index in [1.54, 1.807) is 12.3 Å². The van der Waals surface area contributed by atoms with Gasteiger partial charge in [-0.2, -0.15) is 0 Å². The second-order valence-corrected chi connectivity index (χ2v) is 10.2. The standard InChI is InChI=1S/C25H24ClN5O2S2/c1-3-11-31-22(15-33-20-9-7-17(2)8-10-20)29-30-25(31)34-16-23(32)28-24-27-14-21(35-24)13-18-5-4-6-19(26)12-18/h3-10,12,14H,1,11,13,15-16H2,2H3,(H,27,28,32). The second kappa shape index (κ2) is 12.0. The van der Waals surface area contributed by atoms with Crippen molar-refractivity contribution in [3.8, 4) is 5.75 Å². The smallest absolute Gasteiger partial charge is 0.236 e. The number of hydrogen-bond donors (Lipinski definition) is 1. The van der Waals surface area contributed by atoms with Gasteiger partial charge in [-0.3, -0.25) is 9.36 Å². The van der Waals surface area contributed by atoms with Crippen molar-refractivity contribution in [2.45, 2.75) is 31.7 Å². The molecule has 4 aromatic rings. The lowest BCUT2D eigenvalue weighted by Crippen LogP contribution is -2.14. The average Bonchev–Trinajstić information content (AvgIpc) is 3.44. The molecule has 0 saturated carbocycles. The van der Waals surface area contributed by atoms with Crippen molar-refractivity contribution in [1.82, 2.24) is 19.7 Å². The zero-order valence-corrected chi connectivity index (χ0v) is 21.5. The third-order valence-electron chi connectivity index (χ3n) is 4.89. The highest BCUT2D eigenvalue weighted by Crippen LogP contribution is 2.24. The van der Waals surface area contributed by atoms with Crippen molar-refractivity contribution in [3.05, 3.63) is 94.2 Å². The highest BCUT2D eigenvalue weighted by molar-refractivity contribution is 7.99. The molecule has 0 atom stereocenters. The summed E-state index contributed by atoms with van der Waals surface area (Å²) in [6, 6.07) is 15.5. The van der Waals surface area contributed by atoms with Gasteiger partial charge in [0.05, 0.1) is 5.75 Å². The Kier molecular flexibility index (Phi) is 8.57. The maximum Gasteiger partial charge on any atom is 0.236 e. The van der Waals surface area contributed by atoms with Crippen molar-refractivity contribution in [3.63, 3.8) is 0 Å². The fourth-order valence-electron chi connectivity index (χ4n) is 3.21. The molecule has 4 rings (SSSR count). The van der Waals surface area contributed by atoms with Crippen LogP contribution >= 0.6 is 34.7 Å². The molecule has 0 unspecified atom stereocenters. The molecule has 10 heteroatoms. The Bertz CT molecular complexity index is 1300. The number of hydrogen-bond acceptors (Lipinski definition) is 7. The number of anilines is 1. The highest BCUT2D eigenvalue weighted by Gasteiger charge is 2.15. The molecular weight excluding hydrogens is 502 g/mol. The first kappa shape index (κ1) is 25.0. The molecule has 180 valence electrons. The van der Waals surface area contributed by atoms with Crippen LogP contribution in [0.5, 0.6) is 5.75 Å². The zero-order chi connectivity index (χ0) is 24.6. The molecule has 2 aromatic heterocycles. The predicted molar refractivity (Wildman–Crippen MR) is 141 cm³/mol. The van der Waals surface area contributed by atoms with Crippen LogP contribution in [0, 0.1) is 6.92 Å². The highest BCUT2D eigenvalue weighted by atomic mass is 35.5. The van der Waals surface area contributed by atoms with Gasteiger partial charge < -0.3 is 10.1 Å². The summed E-state index contributed by atoms with van der Waals surface area (Å²) in [6.07, 6.45) is 4.25. The second-order valence-electron chi connectivity index (χ2n) is 7.68. The van der Waals surface area contributed by atoms with Crippen molar-refractivity contribution >= 4 is 45.7 Å². The van der Waals surface area contributed by atoms with E-state index in [9.17, 15) is 4.79 Å². The summed E-state index contributed by atoms with van der Waals surface area (Å²) >= 11 is 8.81. The number of carbonyl (C=O) groups is 1. The number of aromatic nitrogens is 4. The predicted octanol–water partition coefficient (Wildman–Crippen LogP) is 5.78. The molecule has 0 bridgehead atoms. The summed E-state index contributed by atoms with van der Waals surface area (Å²) in [7, 11) is 0. The monoisotopic (exact) mass is 525 g/mol. The van der Waals surface area contributed by atoms with Gasteiger partial charge in [0.15, 0.2) is 16.1 Å². The summed E-state index contributed by atoms with van der Waals surface area (Å²) in [5.74, 6) is 1.44. The Hall–Kier alpha value is -3.14. The molecule has 0 fully saturated rings. The molecule has 0 saturated heterocycles. The number of aryl methyl sites for hydroxylation is 1. The maximum absolute atomic E-state index is 12.5. The van der Waals surface area contributed by atoms with Crippen LogP contribution in [-0.4, -0.2) is 31.4 Å². The fraction of sp³-hybridized carbons (Fsp3) is 0.200. The number of amides is 1. The molecule has 1 amide bonds. The Labute approximate surface area is 217 Å². The number of thiazole rings is 1. The average molecular weight is 526 g/mol. The van der Waals surface area contributed by atoms with E-state index in [2.05, 4.69) is 27.1 Å². The summed E-state index contributed by atoms with van der Waals surface area (Å²) in [5.41, 5.74) is 2.26. The minimum atomic E-state index is -0.163. The minimum Gasteiger partial charge on any atom is -0.486 e. The van der Waals surface area contributed by atoms with E-state index in [-0.39, 0.29) is 18.3 Å². The summed E-state index contributed by atoms with van der Waals surface area (Å²) in [5, 5.41) is 13.2. The number of carbonyl (C=O) groups excluding carboxylic acids is 1. The van der Waals surface area contributed by atoms with E-state index in [0.717, 1.165) is 16.2 Å². The Morgan fingerprint density at radius 2 is 2.09 bits per heavy atom. The SMILES string of the molecule is C=CCn1c(COc2ccc(C)cc2)nnc1SCC(=O)Nc1ncc(Cc2cccc(Cl)c2)s1. The lowest BCUT2D eigenvalue weighted by Gasteiger charge is -2.09. The lowest BCUT2D eigenvalue weighted by atomic mass is 10.1. The number of nitrogens with one attached hydrogen (secondary N) is 1. The molecule has 2 heterocycles. The number of ether oxygens (including phenoxy) is 1. The van der Waals surface area contributed by atoms with Crippen molar-refractivity contribution in [2.24, 2.45) is 0 Å². The molecule has 7 nitrogen and oxygen atoms in total. The van der Waals surface area contributed by atoms with Crippen molar-refractivity contribution < 1.29 is 9.53 Å². The third-order valence-corrected chi connectivity index (χ3v) is 7.01. The molecule has 35 heavy (non-hydrogen) atoms. The van der Waals surface area contributed by atoms with Crippen LogP contribution in [0.3, 0.4) is 0 Å². The number of halogens is 1. The topological polar surface area (TPSA) is 81.9 Å². The van der Waals surface area contributed by atoms with Crippen LogP contribution in [0.15, 0.2) is 72.5 Å².